The van der Waals surface area contributed by atoms with Crippen molar-refractivity contribution in [3.63, 3.8) is 0 Å². The fraction of sp³-hybridized carbons (Fsp3) is 0.533. The first-order valence-electron chi connectivity index (χ1n) is 7.33. The number of carbonyl (C=O) groups excluding carboxylic acids is 1. The molecule has 6 nitrogen and oxygen atoms in total. The van der Waals surface area contributed by atoms with Crippen molar-refractivity contribution in [2.45, 2.75) is 26.7 Å². The molecule has 1 aliphatic carbocycles. The van der Waals surface area contributed by atoms with E-state index in [1.54, 1.807) is 6.07 Å². The molecule has 1 aromatic rings. The molecule has 0 aromatic heterocycles. The lowest BCUT2D eigenvalue weighted by atomic mass is 10.1. The van der Waals surface area contributed by atoms with Gasteiger partial charge < -0.3 is 10.6 Å². The van der Waals surface area contributed by atoms with E-state index in [0.29, 0.717) is 30.3 Å². The van der Waals surface area contributed by atoms with E-state index in [0.717, 1.165) is 5.92 Å². The summed E-state index contributed by atoms with van der Waals surface area (Å²) in [5.41, 5.74) is 0.853. The topological polar surface area (TPSA) is 84.3 Å². The highest BCUT2D eigenvalue weighted by atomic mass is 16.6. The van der Waals surface area contributed by atoms with Gasteiger partial charge in [-0.25, -0.2) is 0 Å². The van der Waals surface area contributed by atoms with Crippen LogP contribution in [0.2, 0.25) is 0 Å². The summed E-state index contributed by atoms with van der Waals surface area (Å²) >= 11 is 0. The van der Waals surface area contributed by atoms with Gasteiger partial charge in [-0.15, -0.1) is 0 Å². The fourth-order valence-electron chi connectivity index (χ4n) is 2.34. The van der Waals surface area contributed by atoms with Gasteiger partial charge in [-0.3, -0.25) is 14.9 Å². The smallest absolute Gasteiger partial charge is 0.292 e. The molecule has 0 aliphatic heterocycles. The number of nitro benzene ring substituents is 1. The zero-order chi connectivity index (χ0) is 15.4. The second kappa shape index (κ2) is 6.56. The molecule has 0 saturated heterocycles. The Morgan fingerprint density at radius 1 is 1.48 bits per heavy atom. The quantitative estimate of drug-likeness (QED) is 0.597. The first-order chi connectivity index (χ1) is 10.0. The zero-order valence-electron chi connectivity index (χ0n) is 12.4. The predicted octanol–water partition coefficient (Wildman–Crippen LogP) is 2.80. The van der Waals surface area contributed by atoms with Gasteiger partial charge in [-0.05, 0) is 43.7 Å². The minimum absolute atomic E-state index is 0.00560. The lowest BCUT2D eigenvalue weighted by Crippen LogP contribution is -2.23. The molecule has 0 radical (unpaired) electrons. The molecule has 1 amide bonds. The molecule has 0 bridgehead atoms. The molecule has 1 saturated carbocycles. The molecule has 6 heteroatoms. The molecule has 1 atom stereocenters. The van der Waals surface area contributed by atoms with Gasteiger partial charge in [0.15, 0.2) is 0 Å². The molecule has 1 fully saturated rings. The summed E-state index contributed by atoms with van der Waals surface area (Å²) in [4.78, 5) is 22.5. The maximum atomic E-state index is 11.8. The van der Waals surface area contributed by atoms with E-state index in [2.05, 4.69) is 17.6 Å². The molecule has 0 spiro atoms. The van der Waals surface area contributed by atoms with Gasteiger partial charge in [-0.1, -0.05) is 6.92 Å². The van der Waals surface area contributed by atoms with E-state index in [1.165, 1.54) is 25.0 Å². The monoisotopic (exact) mass is 291 g/mol. The van der Waals surface area contributed by atoms with Gasteiger partial charge in [-0.2, -0.15) is 0 Å². The van der Waals surface area contributed by atoms with Gasteiger partial charge in [0.05, 0.1) is 4.92 Å². The Labute approximate surface area is 124 Å². The molecule has 0 heterocycles. The van der Waals surface area contributed by atoms with Crippen LogP contribution in [0.1, 0.15) is 37.0 Å². The number of carbonyl (C=O) groups is 1. The lowest BCUT2D eigenvalue weighted by Gasteiger charge is -2.13. The molecule has 2 N–H and O–H groups in total. The van der Waals surface area contributed by atoms with Crippen LogP contribution in [-0.2, 0) is 0 Å². The van der Waals surface area contributed by atoms with Crippen LogP contribution in [0.4, 0.5) is 11.4 Å². The van der Waals surface area contributed by atoms with E-state index in [9.17, 15) is 14.9 Å². The largest absolute Gasteiger partial charge is 0.379 e. The van der Waals surface area contributed by atoms with Crippen molar-refractivity contribution in [3.8, 4) is 0 Å². The summed E-state index contributed by atoms with van der Waals surface area (Å²) < 4.78 is 0. The highest BCUT2D eigenvalue weighted by Crippen LogP contribution is 2.37. The van der Waals surface area contributed by atoms with Crippen molar-refractivity contribution in [2.75, 3.05) is 18.4 Å². The molecule has 21 heavy (non-hydrogen) atoms. The molecule has 1 unspecified atom stereocenters. The van der Waals surface area contributed by atoms with Crippen molar-refractivity contribution in [1.82, 2.24) is 5.32 Å². The van der Waals surface area contributed by atoms with Crippen LogP contribution in [-0.4, -0.2) is 23.9 Å². The van der Waals surface area contributed by atoms with Crippen LogP contribution in [0.5, 0.6) is 0 Å². The summed E-state index contributed by atoms with van der Waals surface area (Å²) in [5.74, 6) is 0.992. The lowest BCUT2D eigenvalue weighted by molar-refractivity contribution is -0.384. The van der Waals surface area contributed by atoms with Gasteiger partial charge in [0.1, 0.15) is 5.69 Å². The van der Waals surface area contributed by atoms with Crippen LogP contribution in [0, 0.1) is 22.0 Å². The van der Waals surface area contributed by atoms with Crippen molar-refractivity contribution in [1.29, 1.82) is 0 Å². The molecule has 2 rings (SSSR count). The van der Waals surface area contributed by atoms with Crippen LogP contribution >= 0.6 is 0 Å². The summed E-state index contributed by atoms with van der Waals surface area (Å²) in [5, 5.41) is 16.9. The summed E-state index contributed by atoms with van der Waals surface area (Å²) in [6.07, 6.45) is 2.48. The van der Waals surface area contributed by atoms with Gasteiger partial charge >= 0.3 is 0 Å². The molecule has 114 valence electrons. The molecular weight excluding hydrogens is 270 g/mol. The summed E-state index contributed by atoms with van der Waals surface area (Å²) in [6.45, 7) is 5.19. The highest BCUT2D eigenvalue weighted by Gasteiger charge is 2.28. The van der Waals surface area contributed by atoms with Crippen molar-refractivity contribution < 1.29 is 9.72 Å². The van der Waals surface area contributed by atoms with E-state index in [4.69, 9.17) is 0 Å². The van der Waals surface area contributed by atoms with Crippen LogP contribution in [0.3, 0.4) is 0 Å². The standard InChI is InChI=1S/C15H21N3O3/c1-3-16-15(19)12-6-7-14(18(20)21)13(8-12)17-9-10(2)11-4-5-11/h6-8,10-11,17H,3-5,9H2,1-2H3,(H,16,19). The second-order valence-corrected chi connectivity index (χ2v) is 5.54. The first-order valence-corrected chi connectivity index (χ1v) is 7.33. The van der Waals surface area contributed by atoms with Gasteiger partial charge in [0.2, 0.25) is 0 Å². The Bertz CT molecular complexity index is 541. The Hall–Kier alpha value is -2.11. The van der Waals surface area contributed by atoms with Crippen LogP contribution in [0.25, 0.3) is 0 Å². The zero-order valence-corrected chi connectivity index (χ0v) is 12.4. The number of nitrogens with zero attached hydrogens (tertiary/aromatic N) is 1. The third kappa shape index (κ3) is 3.93. The van der Waals surface area contributed by atoms with Crippen molar-refractivity contribution >= 4 is 17.3 Å². The van der Waals surface area contributed by atoms with Crippen LogP contribution < -0.4 is 10.6 Å². The highest BCUT2D eigenvalue weighted by molar-refractivity contribution is 5.95. The average Bonchev–Trinajstić information content (AvgIpc) is 3.29. The number of hydrogen-bond donors (Lipinski definition) is 2. The normalized spacial score (nSPS) is 15.3. The van der Waals surface area contributed by atoms with Crippen molar-refractivity contribution in [3.05, 3.63) is 33.9 Å². The van der Waals surface area contributed by atoms with Gasteiger partial charge in [0, 0.05) is 24.7 Å². The minimum Gasteiger partial charge on any atom is -0.379 e. The molecule has 1 aromatic carbocycles. The number of nitro groups is 1. The fourth-order valence-corrected chi connectivity index (χ4v) is 2.34. The number of hydrogen-bond acceptors (Lipinski definition) is 4. The Balaban J connectivity index is 2.15. The van der Waals surface area contributed by atoms with Crippen molar-refractivity contribution in [2.24, 2.45) is 11.8 Å². The van der Waals surface area contributed by atoms with E-state index in [1.807, 2.05) is 6.92 Å². The number of rotatable bonds is 7. The van der Waals surface area contributed by atoms with E-state index < -0.39 is 4.92 Å². The van der Waals surface area contributed by atoms with E-state index in [-0.39, 0.29) is 11.6 Å². The maximum Gasteiger partial charge on any atom is 0.292 e. The number of nitrogens with one attached hydrogen (secondary N) is 2. The summed E-state index contributed by atoms with van der Waals surface area (Å²) in [6, 6.07) is 4.43. The minimum atomic E-state index is -0.425. The predicted molar refractivity (Wildman–Crippen MR) is 81.5 cm³/mol. The third-order valence-electron chi connectivity index (χ3n) is 3.83. The second-order valence-electron chi connectivity index (χ2n) is 5.54. The maximum absolute atomic E-state index is 11.8. The number of amides is 1. The number of benzene rings is 1. The number of anilines is 1. The Morgan fingerprint density at radius 2 is 2.19 bits per heavy atom. The Kier molecular flexibility index (Phi) is 4.77. The van der Waals surface area contributed by atoms with Crippen LogP contribution in [0.15, 0.2) is 18.2 Å². The van der Waals surface area contributed by atoms with Gasteiger partial charge in [0.25, 0.3) is 11.6 Å². The Morgan fingerprint density at radius 3 is 2.76 bits per heavy atom. The van der Waals surface area contributed by atoms with E-state index >= 15 is 0 Å². The molecular formula is C15H21N3O3. The molecule has 1 aliphatic rings. The first kappa shape index (κ1) is 15.3. The summed E-state index contributed by atoms with van der Waals surface area (Å²) in [7, 11) is 0. The SMILES string of the molecule is CCNC(=O)c1ccc([N+](=O)[O-])c(NCC(C)C2CC2)c1. The third-order valence-corrected chi connectivity index (χ3v) is 3.83. The average molecular weight is 291 g/mol.